The molecule has 4 aromatic rings. The summed E-state index contributed by atoms with van der Waals surface area (Å²) in [6.07, 6.45) is 2.71. The van der Waals surface area contributed by atoms with Crippen LogP contribution in [0.3, 0.4) is 0 Å². The number of benzene rings is 2. The van der Waals surface area contributed by atoms with Gasteiger partial charge in [-0.1, -0.05) is 18.2 Å². The van der Waals surface area contributed by atoms with Crippen molar-refractivity contribution in [1.29, 1.82) is 0 Å². The minimum atomic E-state index is -0.295. The number of rotatable bonds is 5. The zero-order valence-electron chi connectivity index (χ0n) is 14.9. The first-order valence-corrected chi connectivity index (χ1v) is 8.75. The largest absolute Gasteiger partial charge is 0.361 e. The number of hydrogen-bond donors (Lipinski definition) is 2. The van der Waals surface area contributed by atoms with E-state index in [-0.39, 0.29) is 11.7 Å². The predicted octanol–water partition coefficient (Wildman–Crippen LogP) is 3.68. The van der Waals surface area contributed by atoms with Gasteiger partial charge in [-0.05, 0) is 53.9 Å². The second-order valence-corrected chi connectivity index (χ2v) is 6.41. The van der Waals surface area contributed by atoms with Gasteiger partial charge in [0.05, 0.1) is 5.69 Å². The minimum absolute atomic E-state index is 0.223. The van der Waals surface area contributed by atoms with Gasteiger partial charge < -0.3 is 10.3 Å². The second-order valence-electron chi connectivity index (χ2n) is 6.41. The third-order valence-corrected chi connectivity index (χ3v) is 4.61. The molecule has 1 amide bonds. The van der Waals surface area contributed by atoms with E-state index in [4.69, 9.17) is 0 Å². The molecule has 0 spiro atoms. The van der Waals surface area contributed by atoms with Crippen LogP contribution in [-0.2, 0) is 13.5 Å². The topological polar surface area (TPSA) is 62.7 Å². The highest BCUT2D eigenvalue weighted by molar-refractivity contribution is 5.93. The first-order chi connectivity index (χ1) is 13.1. The Hall–Kier alpha value is -3.41. The monoisotopic (exact) mass is 362 g/mol. The van der Waals surface area contributed by atoms with Crippen LogP contribution in [0, 0.1) is 5.82 Å². The van der Waals surface area contributed by atoms with E-state index in [0.717, 1.165) is 23.2 Å². The molecule has 2 heterocycles. The van der Waals surface area contributed by atoms with Crippen molar-refractivity contribution in [3.05, 3.63) is 77.9 Å². The molecule has 2 N–H and O–H groups in total. The smallest absolute Gasteiger partial charge is 0.271 e. The molecule has 6 heteroatoms. The Morgan fingerprint density at radius 3 is 2.78 bits per heavy atom. The summed E-state index contributed by atoms with van der Waals surface area (Å²) in [7, 11) is 1.77. The van der Waals surface area contributed by atoms with Crippen LogP contribution >= 0.6 is 0 Å². The Morgan fingerprint density at radius 1 is 1.19 bits per heavy atom. The lowest BCUT2D eigenvalue weighted by molar-refractivity contribution is 0.0948. The number of aryl methyl sites for hydroxylation is 1. The molecule has 4 rings (SSSR count). The number of aromatic amines is 1. The summed E-state index contributed by atoms with van der Waals surface area (Å²) in [5.74, 6) is -0.519. The highest BCUT2D eigenvalue weighted by atomic mass is 19.1. The second kappa shape index (κ2) is 7.07. The van der Waals surface area contributed by atoms with E-state index in [1.165, 1.54) is 23.1 Å². The van der Waals surface area contributed by atoms with Crippen molar-refractivity contribution in [1.82, 2.24) is 20.1 Å². The fourth-order valence-corrected chi connectivity index (χ4v) is 3.21. The first-order valence-electron chi connectivity index (χ1n) is 8.75. The number of nitrogens with one attached hydrogen (secondary N) is 2. The number of nitrogens with zero attached hydrogens (tertiary/aromatic N) is 2. The third kappa shape index (κ3) is 3.46. The van der Waals surface area contributed by atoms with Crippen molar-refractivity contribution < 1.29 is 9.18 Å². The van der Waals surface area contributed by atoms with Crippen molar-refractivity contribution in [3.63, 3.8) is 0 Å². The number of carbonyl (C=O) groups excluding carboxylic acids is 1. The number of H-pyrrole nitrogens is 1. The number of para-hydroxylation sites is 1. The maximum atomic E-state index is 13.1. The highest BCUT2D eigenvalue weighted by Crippen LogP contribution is 2.20. The maximum Gasteiger partial charge on any atom is 0.271 e. The molecule has 136 valence electrons. The molecule has 2 aromatic heterocycles. The van der Waals surface area contributed by atoms with Gasteiger partial charge in [0.15, 0.2) is 5.69 Å². The van der Waals surface area contributed by atoms with Crippen molar-refractivity contribution in [2.45, 2.75) is 6.42 Å². The highest BCUT2D eigenvalue weighted by Gasteiger charge is 2.14. The summed E-state index contributed by atoms with van der Waals surface area (Å²) >= 11 is 0. The molecular weight excluding hydrogens is 343 g/mol. The summed E-state index contributed by atoms with van der Waals surface area (Å²) in [6, 6.07) is 15.9. The molecule has 0 saturated heterocycles. The standard InChI is InChI=1S/C21H19FN4O/c1-26-20(14-6-8-16(22)9-7-14)12-19(25-26)21(27)23-11-10-15-13-24-18-5-3-2-4-17(15)18/h2-9,12-13,24H,10-11H2,1H3,(H,23,27). The molecule has 0 bridgehead atoms. The van der Waals surface area contributed by atoms with Gasteiger partial charge in [-0.15, -0.1) is 0 Å². The quantitative estimate of drug-likeness (QED) is 0.569. The van der Waals surface area contributed by atoms with E-state index in [1.54, 1.807) is 29.9 Å². The molecule has 0 aliphatic heterocycles. The van der Waals surface area contributed by atoms with Crippen molar-refractivity contribution in [2.24, 2.45) is 7.05 Å². The predicted molar refractivity (Wildman–Crippen MR) is 103 cm³/mol. The summed E-state index contributed by atoms with van der Waals surface area (Å²) in [6.45, 7) is 0.517. The van der Waals surface area contributed by atoms with Crippen LogP contribution in [0.4, 0.5) is 4.39 Å². The Kier molecular flexibility index (Phi) is 4.46. The molecule has 0 saturated carbocycles. The van der Waals surface area contributed by atoms with E-state index in [1.807, 2.05) is 24.4 Å². The van der Waals surface area contributed by atoms with Crippen LogP contribution in [0.15, 0.2) is 60.8 Å². The molecule has 5 nitrogen and oxygen atoms in total. The summed E-state index contributed by atoms with van der Waals surface area (Å²) in [4.78, 5) is 15.7. The van der Waals surface area contributed by atoms with Gasteiger partial charge in [-0.25, -0.2) is 4.39 Å². The number of amides is 1. The van der Waals surface area contributed by atoms with Gasteiger partial charge >= 0.3 is 0 Å². The molecular formula is C21H19FN4O. The zero-order valence-corrected chi connectivity index (χ0v) is 14.9. The SMILES string of the molecule is Cn1nc(C(=O)NCCc2c[nH]c3ccccc23)cc1-c1ccc(F)cc1. The van der Waals surface area contributed by atoms with E-state index in [9.17, 15) is 9.18 Å². The Labute approximate surface area is 155 Å². The molecule has 27 heavy (non-hydrogen) atoms. The van der Waals surface area contributed by atoms with Gasteiger partial charge in [0.1, 0.15) is 5.82 Å². The van der Waals surface area contributed by atoms with Gasteiger partial charge in [0.2, 0.25) is 0 Å². The van der Waals surface area contributed by atoms with Gasteiger partial charge in [-0.3, -0.25) is 9.48 Å². The number of aromatic nitrogens is 3. The maximum absolute atomic E-state index is 13.1. The van der Waals surface area contributed by atoms with Crippen molar-refractivity contribution in [2.75, 3.05) is 6.54 Å². The molecule has 0 aliphatic carbocycles. The van der Waals surface area contributed by atoms with Gasteiger partial charge in [0.25, 0.3) is 5.91 Å². The average molecular weight is 362 g/mol. The van der Waals surface area contributed by atoms with E-state index < -0.39 is 0 Å². The third-order valence-electron chi connectivity index (χ3n) is 4.61. The molecule has 2 aromatic carbocycles. The first kappa shape index (κ1) is 17.0. The van der Waals surface area contributed by atoms with Crippen molar-refractivity contribution >= 4 is 16.8 Å². The zero-order chi connectivity index (χ0) is 18.8. The fourth-order valence-electron chi connectivity index (χ4n) is 3.21. The number of hydrogen-bond acceptors (Lipinski definition) is 2. The Balaban J connectivity index is 1.43. The molecule has 0 atom stereocenters. The van der Waals surface area contributed by atoms with E-state index >= 15 is 0 Å². The van der Waals surface area contributed by atoms with Crippen LogP contribution < -0.4 is 5.32 Å². The lowest BCUT2D eigenvalue weighted by Gasteiger charge is -2.02. The number of halogens is 1. The average Bonchev–Trinajstić information content (AvgIpc) is 3.26. The summed E-state index contributed by atoms with van der Waals surface area (Å²) < 4.78 is 14.7. The van der Waals surface area contributed by atoms with Crippen LogP contribution in [0.5, 0.6) is 0 Å². The summed E-state index contributed by atoms with van der Waals surface area (Å²) in [5, 5.41) is 8.36. The lowest BCUT2D eigenvalue weighted by Crippen LogP contribution is -2.26. The van der Waals surface area contributed by atoms with Crippen LogP contribution in [0.25, 0.3) is 22.2 Å². The van der Waals surface area contributed by atoms with E-state index in [2.05, 4.69) is 21.5 Å². The Bertz CT molecular complexity index is 1100. The fraction of sp³-hybridized carbons (Fsp3) is 0.143. The summed E-state index contributed by atoms with van der Waals surface area (Å²) in [5.41, 5.74) is 4.17. The molecule has 0 radical (unpaired) electrons. The molecule has 0 fully saturated rings. The Morgan fingerprint density at radius 2 is 1.96 bits per heavy atom. The van der Waals surface area contributed by atoms with E-state index in [0.29, 0.717) is 12.2 Å². The molecule has 0 aliphatic rings. The van der Waals surface area contributed by atoms with Crippen LogP contribution in [0.1, 0.15) is 16.1 Å². The minimum Gasteiger partial charge on any atom is -0.361 e. The number of carbonyl (C=O) groups is 1. The van der Waals surface area contributed by atoms with Gasteiger partial charge in [-0.2, -0.15) is 5.10 Å². The van der Waals surface area contributed by atoms with Crippen LogP contribution in [-0.4, -0.2) is 27.2 Å². The van der Waals surface area contributed by atoms with Crippen molar-refractivity contribution in [3.8, 4) is 11.3 Å². The van der Waals surface area contributed by atoms with Gasteiger partial charge in [0, 0.05) is 30.7 Å². The molecule has 0 unspecified atom stereocenters. The van der Waals surface area contributed by atoms with Crippen LogP contribution in [0.2, 0.25) is 0 Å². The normalized spacial score (nSPS) is 11.0. The number of fused-ring (bicyclic) bond motifs is 1. The lowest BCUT2D eigenvalue weighted by atomic mass is 10.1.